The van der Waals surface area contributed by atoms with Crippen LogP contribution in [0.4, 0.5) is 17.1 Å². The van der Waals surface area contributed by atoms with Gasteiger partial charge in [-0.05, 0) is 37.1 Å². The summed E-state index contributed by atoms with van der Waals surface area (Å²) in [7, 11) is 0. The summed E-state index contributed by atoms with van der Waals surface area (Å²) in [5, 5.41) is 16.5. The van der Waals surface area contributed by atoms with E-state index in [4.69, 9.17) is 4.74 Å². The number of nitro groups is 1. The van der Waals surface area contributed by atoms with Gasteiger partial charge < -0.3 is 20.3 Å². The number of aryl methyl sites for hydroxylation is 1. The fraction of sp³-hybridized carbons (Fsp3) is 0.333. The molecule has 0 aromatic heterocycles. The minimum Gasteiger partial charge on any atom is -0.477 e. The van der Waals surface area contributed by atoms with Crippen LogP contribution in [0.1, 0.15) is 18.9 Å². The molecule has 0 saturated heterocycles. The standard InChI is InChI=1S/C21H24N4O5/c1-3-10-22-21(27)19-12-24(17-6-4-5-7-18(17)30-19)13-20(26)23-16-9-8-15(25(28)29)11-14(16)2/h4-9,11,19H,3,10,12-13H2,1-2H3,(H,22,27)(H,23,26)/t19-/m1/s1. The van der Waals surface area contributed by atoms with E-state index in [-0.39, 0.29) is 30.6 Å². The molecule has 3 rings (SSSR count). The van der Waals surface area contributed by atoms with Crippen molar-refractivity contribution in [1.82, 2.24) is 5.32 Å². The number of hydrogen-bond donors (Lipinski definition) is 2. The van der Waals surface area contributed by atoms with Gasteiger partial charge in [-0.15, -0.1) is 0 Å². The third kappa shape index (κ3) is 4.86. The lowest BCUT2D eigenvalue weighted by atomic mass is 10.1. The molecule has 1 aliphatic rings. The molecule has 2 aromatic rings. The number of nitrogens with zero attached hydrogens (tertiary/aromatic N) is 2. The zero-order valence-corrected chi connectivity index (χ0v) is 16.9. The fourth-order valence-electron chi connectivity index (χ4n) is 3.22. The van der Waals surface area contributed by atoms with Gasteiger partial charge in [0.2, 0.25) is 5.91 Å². The molecule has 0 unspecified atom stereocenters. The number of ether oxygens (including phenoxy) is 1. The lowest BCUT2D eigenvalue weighted by Gasteiger charge is -2.35. The highest BCUT2D eigenvalue weighted by atomic mass is 16.6. The second kappa shape index (κ2) is 9.25. The lowest BCUT2D eigenvalue weighted by Crippen LogP contribution is -2.50. The topological polar surface area (TPSA) is 114 Å². The Morgan fingerprint density at radius 3 is 2.73 bits per heavy atom. The van der Waals surface area contributed by atoms with Gasteiger partial charge in [-0.25, -0.2) is 0 Å². The molecule has 0 spiro atoms. The summed E-state index contributed by atoms with van der Waals surface area (Å²) < 4.78 is 5.83. The van der Waals surface area contributed by atoms with E-state index in [1.807, 2.05) is 25.1 Å². The van der Waals surface area contributed by atoms with Gasteiger partial charge in [0.05, 0.1) is 23.7 Å². The van der Waals surface area contributed by atoms with Gasteiger partial charge in [0.15, 0.2) is 6.10 Å². The molecule has 0 radical (unpaired) electrons. The second-order valence-corrected chi connectivity index (χ2v) is 7.05. The first-order valence-electron chi connectivity index (χ1n) is 9.72. The van der Waals surface area contributed by atoms with Crippen molar-refractivity contribution in [3.05, 3.63) is 58.1 Å². The van der Waals surface area contributed by atoms with Crippen molar-refractivity contribution in [2.45, 2.75) is 26.4 Å². The Bertz CT molecular complexity index is 962. The van der Waals surface area contributed by atoms with Crippen molar-refractivity contribution in [2.75, 3.05) is 29.9 Å². The number of rotatable bonds is 7. The van der Waals surface area contributed by atoms with Crippen molar-refractivity contribution in [2.24, 2.45) is 0 Å². The summed E-state index contributed by atoms with van der Waals surface area (Å²) in [6.45, 7) is 4.46. The van der Waals surface area contributed by atoms with Gasteiger partial charge in [-0.1, -0.05) is 19.1 Å². The molecule has 2 N–H and O–H groups in total. The van der Waals surface area contributed by atoms with E-state index in [2.05, 4.69) is 10.6 Å². The molecular formula is C21H24N4O5. The number of amides is 2. The van der Waals surface area contributed by atoms with Crippen molar-refractivity contribution in [3.63, 3.8) is 0 Å². The predicted molar refractivity (Wildman–Crippen MR) is 113 cm³/mol. The third-order valence-corrected chi connectivity index (χ3v) is 4.73. The minimum absolute atomic E-state index is 0.00829. The summed E-state index contributed by atoms with van der Waals surface area (Å²) in [5.41, 5.74) is 1.79. The summed E-state index contributed by atoms with van der Waals surface area (Å²) in [6, 6.07) is 11.5. The zero-order valence-electron chi connectivity index (χ0n) is 16.9. The van der Waals surface area contributed by atoms with Crippen LogP contribution in [0.5, 0.6) is 5.75 Å². The smallest absolute Gasteiger partial charge is 0.269 e. The number of para-hydroxylation sites is 2. The van der Waals surface area contributed by atoms with Crippen LogP contribution < -0.4 is 20.3 Å². The van der Waals surface area contributed by atoms with Gasteiger partial charge in [-0.3, -0.25) is 19.7 Å². The molecule has 2 amide bonds. The normalized spacial score (nSPS) is 15.0. The Morgan fingerprint density at radius 2 is 2.03 bits per heavy atom. The first kappa shape index (κ1) is 21.1. The number of fused-ring (bicyclic) bond motifs is 1. The highest BCUT2D eigenvalue weighted by Crippen LogP contribution is 2.33. The molecule has 0 aliphatic carbocycles. The van der Waals surface area contributed by atoms with Crippen molar-refractivity contribution in [3.8, 4) is 5.75 Å². The van der Waals surface area contributed by atoms with Crippen LogP contribution in [-0.2, 0) is 9.59 Å². The molecule has 1 heterocycles. The second-order valence-electron chi connectivity index (χ2n) is 7.05. The number of anilines is 2. The third-order valence-electron chi connectivity index (χ3n) is 4.73. The molecule has 30 heavy (non-hydrogen) atoms. The van der Waals surface area contributed by atoms with Crippen molar-refractivity contribution < 1.29 is 19.2 Å². The highest BCUT2D eigenvalue weighted by Gasteiger charge is 2.31. The van der Waals surface area contributed by atoms with Crippen LogP contribution in [0, 0.1) is 17.0 Å². The summed E-state index contributed by atoms with van der Waals surface area (Å²) in [5.74, 6) is 0.0269. The highest BCUT2D eigenvalue weighted by molar-refractivity contribution is 5.95. The van der Waals surface area contributed by atoms with E-state index < -0.39 is 11.0 Å². The fourth-order valence-corrected chi connectivity index (χ4v) is 3.22. The van der Waals surface area contributed by atoms with E-state index in [9.17, 15) is 19.7 Å². The van der Waals surface area contributed by atoms with Crippen LogP contribution in [-0.4, -0.2) is 42.5 Å². The lowest BCUT2D eigenvalue weighted by molar-refractivity contribution is -0.384. The van der Waals surface area contributed by atoms with Crippen molar-refractivity contribution in [1.29, 1.82) is 0 Å². The number of carbonyl (C=O) groups excluding carboxylic acids is 2. The summed E-state index contributed by atoms with van der Waals surface area (Å²) in [6.07, 6.45) is 0.0933. The maximum atomic E-state index is 12.7. The molecule has 2 aromatic carbocycles. The monoisotopic (exact) mass is 412 g/mol. The van der Waals surface area contributed by atoms with E-state index in [0.717, 1.165) is 12.1 Å². The SMILES string of the molecule is CCCNC(=O)[C@H]1CN(CC(=O)Nc2ccc([N+](=O)[O-])cc2C)c2ccccc2O1. The van der Waals surface area contributed by atoms with Crippen LogP contribution in [0.3, 0.4) is 0 Å². The Hall–Kier alpha value is -3.62. The maximum absolute atomic E-state index is 12.7. The Morgan fingerprint density at radius 1 is 1.27 bits per heavy atom. The first-order chi connectivity index (χ1) is 14.4. The Kier molecular flexibility index (Phi) is 6.51. The molecule has 9 heteroatoms. The maximum Gasteiger partial charge on any atom is 0.269 e. The Labute approximate surface area is 174 Å². The number of hydrogen-bond acceptors (Lipinski definition) is 6. The minimum atomic E-state index is -0.722. The van der Waals surface area contributed by atoms with Crippen molar-refractivity contribution >= 4 is 28.9 Å². The Balaban J connectivity index is 1.73. The number of benzene rings is 2. The average molecular weight is 412 g/mol. The van der Waals surface area contributed by atoms with Crippen LogP contribution in [0.15, 0.2) is 42.5 Å². The predicted octanol–water partition coefficient (Wildman–Crippen LogP) is 2.64. The molecule has 0 fully saturated rings. The van der Waals surface area contributed by atoms with E-state index in [0.29, 0.717) is 23.5 Å². The van der Waals surface area contributed by atoms with Gasteiger partial charge in [0, 0.05) is 24.4 Å². The summed E-state index contributed by atoms with van der Waals surface area (Å²) >= 11 is 0. The molecule has 0 bridgehead atoms. The zero-order chi connectivity index (χ0) is 21.7. The van der Waals surface area contributed by atoms with Gasteiger partial charge in [-0.2, -0.15) is 0 Å². The van der Waals surface area contributed by atoms with Crippen LogP contribution in [0.2, 0.25) is 0 Å². The largest absolute Gasteiger partial charge is 0.477 e. The summed E-state index contributed by atoms with van der Waals surface area (Å²) in [4.78, 5) is 37.3. The molecular weight excluding hydrogens is 388 g/mol. The number of nitrogens with one attached hydrogen (secondary N) is 2. The first-order valence-corrected chi connectivity index (χ1v) is 9.72. The molecule has 0 saturated carbocycles. The van der Waals surface area contributed by atoms with Crippen LogP contribution in [0.25, 0.3) is 0 Å². The molecule has 1 aliphatic heterocycles. The molecule has 1 atom stereocenters. The number of carbonyl (C=O) groups is 2. The molecule has 158 valence electrons. The van der Waals surface area contributed by atoms with Crippen LogP contribution >= 0.6 is 0 Å². The average Bonchev–Trinajstić information content (AvgIpc) is 2.73. The molecule has 9 nitrogen and oxygen atoms in total. The van der Waals surface area contributed by atoms with E-state index in [1.165, 1.54) is 18.2 Å². The van der Waals surface area contributed by atoms with E-state index in [1.54, 1.807) is 17.9 Å². The van der Waals surface area contributed by atoms with Gasteiger partial charge >= 0.3 is 0 Å². The quantitative estimate of drug-likeness (QED) is 0.534. The van der Waals surface area contributed by atoms with E-state index >= 15 is 0 Å². The van der Waals surface area contributed by atoms with Gasteiger partial charge in [0.1, 0.15) is 5.75 Å². The number of non-ortho nitro benzene ring substituents is 1. The van der Waals surface area contributed by atoms with Gasteiger partial charge in [0.25, 0.3) is 11.6 Å². The number of nitro benzene ring substituents is 1.